The Kier molecular flexibility index (Phi) is 4.34. The molecule has 1 aromatic heterocycles. The zero-order valence-corrected chi connectivity index (χ0v) is 13.5. The lowest BCUT2D eigenvalue weighted by molar-refractivity contribution is 0.0756. The van der Waals surface area contributed by atoms with Crippen LogP contribution < -0.4 is 4.74 Å². The third kappa shape index (κ3) is 3.09. The van der Waals surface area contributed by atoms with E-state index < -0.39 is 0 Å². The van der Waals surface area contributed by atoms with Gasteiger partial charge in [-0.05, 0) is 52.6 Å². The van der Waals surface area contributed by atoms with E-state index in [0.29, 0.717) is 28.6 Å². The Morgan fingerprint density at radius 2 is 2.00 bits per heavy atom. The second-order valence-electron chi connectivity index (χ2n) is 6.53. The molecule has 1 saturated heterocycles. The van der Waals surface area contributed by atoms with E-state index in [0.717, 1.165) is 25.9 Å². The Bertz CT molecular complexity index is 632. The number of piperidine rings is 1. The van der Waals surface area contributed by atoms with Crippen LogP contribution in [0.5, 0.6) is 5.75 Å². The minimum Gasteiger partial charge on any atom is -0.490 e. The summed E-state index contributed by atoms with van der Waals surface area (Å²) in [5.74, 6) is 0.812. The predicted octanol–water partition coefficient (Wildman–Crippen LogP) is 3.59. The second-order valence-corrected chi connectivity index (χ2v) is 6.53. The van der Waals surface area contributed by atoms with Gasteiger partial charge in [0.2, 0.25) is 0 Å². The van der Waals surface area contributed by atoms with Crippen LogP contribution in [-0.2, 0) is 0 Å². The molecule has 1 aromatic carbocycles. The maximum Gasteiger partial charge on any atom is 0.137 e. The van der Waals surface area contributed by atoms with Gasteiger partial charge in [0.15, 0.2) is 0 Å². The first-order valence-corrected chi connectivity index (χ1v) is 8.08. The minimum atomic E-state index is -0.289. The first-order chi connectivity index (χ1) is 10.5. The molecule has 0 amide bonds. The number of fused-ring (bicyclic) bond motifs is 1. The van der Waals surface area contributed by atoms with Gasteiger partial charge in [0.05, 0.1) is 23.2 Å². The number of H-pyrrole nitrogens is 1. The molecule has 2 heterocycles. The van der Waals surface area contributed by atoms with Crippen molar-refractivity contribution >= 4 is 10.9 Å². The molecule has 22 heavy (non-hydrogen) atoms. The molecule has 1 aliphatic rings. The van der Waals surface area contributed by atoms with Crippen LogP contribution >= 0.6 is 0 Å². The standard InChI is InChI=1S/C17H24FN3O/c1-11(2)21-6-4-13(5-7-21)12(3)22-14-8-16(18)15-10-19-20-17(15)9-14/h8-13H,4-7H2,1-3H3,(H,19,20). The van der Waals surface area contributed by atoms with Gasteiger partial charge in [0.1, 0.15) is 11.6 Å². The van der Waals surface area contributed by atoms with Crippen LogP contribution in [0.15, 0.2) is 18.3 Å². The van der Waals surface area contributed by atoms with Crippen LogP contribution in [0.25, 0.3) is 10.9 Å². The van der Waals surface area contributed by atoms with Crippen molar-refractivity contribution in [2.24, 2.45) is 5.92 Å². The van der Waals surface area contributed by atoms with Crippen LogP contribution in [0.4, 0.5) is 4.39 Å². The summed E-state index contributed by atoms with van der Waals surface area (Å²) in [6.45, 7) is 8.80. The van der Waals surface area contributed by atoms with Gasteiger partial charge in [-0.15, -0.1) is 0 Å². The molecule has 5 heteroatoms. The predicted molar refractivity (Wildman–Crippen MR) is 85.6 cm³/mol. The SMILES string of the molecule is CC(Oc1cc(F)c2cn[nH]c2c1)C1CCN(C(C)C)CC1. The molecule has 0 aliphatic carbocycles. The highest BCUT2D eigenvalue weighted by Crippen LogP contribution is 2.28. The summed E-state index contributed by atoms with van der Waals surface area (Å²) < 4.78 is 20.0. The number of halogens is 1. The zero-order chi connectivity index (χ0) is 15.7. The van der Waals surface area contributed by atoms with Gasteiger partial charge in [0, 0.05) is 18.2 Å². The molecule has 4 nitrogen and oxygen atoms in total. The van der Waals surface area contributed by atoms with E-state index in [2.05, 4.69) is 35.9 Å². The first-order valence-electron chi connectivity index (χ1n) is 8.08. The highest BCUT2D eigenvalue weighted by Gasteiger charge is 2.26. The smallest absolute Gasteiger partial charge is 0.137 e. The number of nitrogens with zero attached hydrogens (tertiary/aromatic N) is 2. The highest BCUT2D eigenvalue weighted by molar-refractivity contribution is 5.80. The fourth-order valence-corrected chi connectivity index (χ4v) is 3.27. The van der Waals surface area contributed by atoms with Crippen LogP contribution in [0, 0.1) is 11.7 Å². The molecule has 1 fully saturated rings. The average Bonchev–Trinajstić information content (AvgIpc) is 2.96. The largest absolute Gasteiger partial charge is 0.490 e. The molecule has 1 unspecified atom stereocenters. The normalized spacial score (nSPS) is 19.0. The summed E-state index contributed by atoms with van der Waals surface area (Å²) >= 11 is 0. The number of nitrogens with one attached hydrogen (secondary N) is 1. The number of rotatable bonds is 4. The van der Waals surface area contributed by atoms with Gasteiger partial charge >= 0.3 is 0 Å². The molecule has 0 radical (unpaired) electrons. The van der Waals surface area contributed by atoms with E-state index in [1.807, 2.05) is 6.07 Å². The van der Waals surface area contributed by atoms with Crippen LogP contribution in [0.1, 0.15) is 33.6 Å². The van der Waals surface area contributed by atoms with E-state index in [1.165, 1.54) is 12.3 Å². The molecule has 0 spiro atoms. The molecule has 0 saturated carbocycles. The van der Waals surface area contributed by atoms with E-state index in [9.17, 15) is 4.39 Å². The molecule has 3 rings (SSSR count). The van der Waals surface area contributed by atoms with Gasteiger partial charge in [-0.3, -0.25) is 5.10 Å². The molecular weight excluding hydrogens is 281 g/mol. The van der Waals surface area contributed by atoms with Crippen molar-refractivity contribution in [3.8, 4) is 5.75 Å². The second kappa shape index (κ2) is 6.24. The summed E-state index contributed by atoms with van der Waals surface area (Å²) in [6, 6.07) is 3.89. The summed E-state index contributed by atoms with van der Waals surface area (Å²) in [5.41, 5.74) is 0.678. The number of hydrogen-bond donors (Lipinski definition) is 1. The summed E-state index contributed by atoms with van der Waals surface area (Å²) in [5, 5.41) is 7.17. The maximum atomic E-state index is 14.0. The number of likely N-dealkylation sites (tertiary alicyclic amines) is 1. The van der Waals surface area contributed by atoms with E-state index >= 15 is 0 Å². The third-order valence-electron chi connectivity index (χ3n) is 4.77. The fraction of sp³-hybridized carbons (Fsp3) is 0.588. The molecule has 1 N–H and O–H groups in total. The van der Waals surface area contributed by atoms with Gasteiger partial charge in [-0.1, -0.05) is 0 Å². The number of benzene rings is 1. The average molecular weight is 305 g/mol. The quantitative estimate of drug-likeness (QED) is 0.938. The van der Waals surface area contributed by atoms with Crippen molar-refractivity contribution in [1.29, 1.82) is 0 Å². The Hall–Kier alpha value is -1.62. The van der Waals surface area contributed by atoms with Gasteiger partial charge < -0.3 is 9.64 Å². The Morgan fingerprint density at radius 1 is 1.27 bits per heavy atom. The van der Waals surface area contributed by atoms with E-state index in [4.69, 9.17) is 4.74 Å². The Labute approximate surface area is 130 Å². The highest BCUT2D eigenvalue weighted by atomic mass is 19.1. The first kappa shape index (κ1) is 15.3. The third-order valence-corrected chi connectivity index (χ3v) is 4.77. The monoisotopic (exact) mass is 305 g/mol. The summed E-state index contributed by atoms with van der Waals surface area (Å²) in [4.78, 5) is 2.50. The van der Waals surface area contributed by atoms with Crippen molar-refractivity contribution in [2.45, 2.75) is 45.8 Å². The Morgan fingerprint density at radius 3 is 2.68 bits per heavy atom. The number of ether oxygens (including phenoxy) is 1. The number of aromatic amines is 1. The fourth-order valence-electron chi connectivity index (χ4n) is 3.27. The van der Waals surface area contributed by atoms with E-state index in [1.54, 1.807) is 0 Å². The van der Waals surface area contributed by atoms with Gasteiger partial charge in [-0.25, -0.2) is 4.39 Å². The molecule has 0 bridgehead atoms. The molecule has 1 atom stereocenters. The van der Waals surface area contributed by atoms with Crippen molar-refractivity contribution < 1.29 is 9.13 Å². The lowest BCUT2D eigenvalue weighted by atomic mass is 9.91. The zero-order valence-electron chi connectivity index (χ0n) is 13.5. The van der Waals surface area contributed by atoms with Crippen molar-refractivity contribution in [3.05, 3.63) is 24.1 Å². The Balaban J connectivity index is 1.64. The van der Waals surface area contributed by atoms with Crippen LogP contribution in [0.2, 0.25) is 0 Å². The van der Waals surface area contributed by atoms with E-state index in [-0.39, 0.29) is 11.9 Å². The summed E-state index contributed by atoms with van der Waals surface area (Å²) in [6.07, 6.45) is 3.86. The lowest BCUT2D eigenvalue weighted by Crippen LogP contribution is -2.41. The van der Waals surface area contributed by atoms with Crippen molar-refractivity contribution in [3.63, 3.8) is 0 Å². The van der Waals surface area contributed by atoms with Crippen molar-refractivity contribution in [1.82, 2.24) is 15.1 Å². The molecule has 2 aromatic rings. The van der Waals surface area contributed by atoms with Crippen molar-refractivity contribution in [2.75, 3.05) is 13.1 Å². The lowest BCUT2D eigenvalue weighted by Gasteiger charge is -2.36. The number of aromatic nitrogens is 2. The number of hydrogen-bond acceptors (Lipinski definition) is 3. The van der Waals surface area contributed by atoms with Gasteiger partial charge in [0.25, 0.3) is 0 Å². The minimum absolute atomic E-state index is 0.0917. The summed E-state index contributed by atoms with van der Waals surface area (Å²) in [7, 11) is 0. The van der Waals surface area contributed by atoms with Gasteiger partial charge in [-0.2, -0.15) is 5.10 Å². The molecule has 1 aliphatic heterocycles. The maximum absolute atomic E-state index is 14.0. The van der Waals surface area contributed by atoms with Crippen LogP contribution in [-0.4, -0.2) is 40.3 Å². The van der Waals surface area contributed by atoms with Crippen LogP contribution in [0.3, 0.4) is 0 Å². The topological polar surface area (TPSA) is 41.1 Å². The molecular formula is C17H24FN3O. The molecule has 120 valence electrons.